The minimum Gasteiger partial charge on any atom is -0.315 e. The first-order valence-electron chi connectivity index (χ1n) is 6.18. The average molecular weight is 220 g/mol. The van der Waals surface area contributed by atoms with E-state index in [0.29, 0.717) is 6.04 Å². The summed E-state index contributed by atoms with van der Waals surface area (Å²) in [4.78, 5) is 0. The third-order valence-corrected chi connectivity index (χ3v) is 2.69. The lowest BCUT2D eigenvalue weighted by Gasteiger charge is -2.09. The zero-order valence-electron chi connectivity index (χ0n) is 10.7. The molecule has 0 fully saturated rings. The molecule has 0 radical (unpaired) electrons. The Labute approximate surface area is 99.5 Å². The third kappa shape index (κ3) is 5.29. The molecule has 0 saturated carbocycles. The van der Waals surface area contributed by atoms with Crippen molar-refractivity contribution in [2.75, 3.05) is 19.6 Å². The molecule has 2 nitrogen and oxygen atoms in total. The molecule has 16 heavy (non-hydrogen) atoms. The molecule has 0 heterocycles. The van der Waals surface area contributed by atoms with Gasteiger partial charge in [0.2, 0.25) is 0 Å². The Morgan fingerprint density at radius 3 is 2.50 bits per heavy atom. The molecule has 0 aliphatic heterocycles. The van der Waals surface area contributed by atoms with Gasteiger partial charge in [0.05, 0.1) is 0 Å². The minimum atomic E-state index is 0.582. The fraction of sp³-hybridized carbons (Fsp3) is 0.571. The number of hydrogen-bond acceptors (Lipinski definition) is 2. The molecule has 0 saturated heterocycles. The van der Waals surface area contributed by atoms with Crippen LogP contribution in [-0.4, -0.2) is 25.7 Å². The molecule has 0 bridgehead atoms. The topological polar surface area (TPSA) is 24.1 Å². The van der Waals surface area contributed by atoms with E-state index in [1.54, 1.807) is 0 Å². The van der Waals surface area contributed by atoms with Gasteiger partial charge in [-0.1, -0.05) is 38.1 Å². The van der Waals surface area contributed by atoms with Crippen LogP contribution in [0.3, 0.4) is 0 Å². The SMILES string of the molecule is Cc1ccccc1CCNCCNC(C)C. The van der Waals surface area contributed by atoms with Crippen LogP contribution in [0, 0.1) is 6.92 Å². The molecular formula is C14H24N2. The maximum absolute atomic E-state index is 3.45. The van der Waals surface area contributed by atoms with E-state index in [9.17, 15) is 0 Å². The van der Waals surface area contributed by atoms with E-state index in [2.05, 4.69) is 55.7 Å². The Kier molecular flexibility index (Phi) is 6.12. The normalized spacial score (nSPS) is 11.0. The van der Waals surface area contributed by atoms with Crippen molar-refractivity contribution >= 4 is 0 Å². The highest BCUT2D eigenvalue weighted by Crippen LogP contribution is 2.06. The van der Waals surface area contributed by atoms with Crippen LogP contribution in [0.25, 0.3) is 0 Å². The predicted molar refractivity (Wildman–Crippen MR) is 70.9 cm³/mol. The standard InChI is InChI=1S/C14H24N2/c1-12(2)16-11-10-15-9-8-14-7-5-4-6-13(14)3/h4-7,12,15-16H,8-11H2,1-3H3. The summed E-state index contributed by atoms with van der Waals surface area (Å²) in [6.07, 6.45) is 1.12. The van der Waals surface area contributed by atoms with E-state index in [-0.39, 0.29) is 0 Å². The summed E-state index contributed by atoms with van der Waals surface area (Å²) in [5.41, 5.74) is 2.84. The first-order chi connectivity index (χ1) is 7.70. The van der Waals surface area contributed by atoms with Crippen molar-refractivity contribution in [1.82, 2.24) is 10.6 Å². The van der Waals surface area contributed by atoms with Gasteiger partial charge in [-0.15, -0.1) is 0 Å². The minimum absolute atomic E-state index is 0.582. The monoisotopic (exact) mass is 220 g/mol. The fourth-order valence-electron chi connectivity index (χ4n) is 1.69. The largest absolute Gasteiger partial charge is 0.315 e. The smallest absolute Gasteiger partial charge is 0.00790 e. The molecular weight excluding hydrogens is 196 g/mol. The number of aryl methyl sites for hydroxylation is 1. The predicted octanol–water partition coefficient (Wildman–Crippen LogP) is 2.13. The van der Waals surface area contributed by atoms with Crippen molar-refractivity contribution in [2.45, 2.75) is 33.2 Å². The molecule has 0 aromatic heterocycles. The van der Waals surface area contributed by atoms with E-state index in [0.717, 1.165) is 26.1 Å². The average Bonchev–Trinajstić information content (AvgIpc) is 2.25. The Balaban J connectivity index is 2.10. The first-order valence-corrected chi connectivity index (χ1v) is 6.18. The molecule has 2 N–H and O–H groups in total. The van der Waals surface area contributed by atoms with Crippen LogP contribution < -0.4 is 10.6 Å². The Morgan fingerprint density at radius 1 is 1.06 bits per heavy atom. The van der Waals surface area contributed by atoms with Crippen LogP contribution in [0.4, 0.5) is 0 Å². The fourth-order valence-corrected chi connectivity index (χ4v) is 1.69. The van der Waals surface area contributed by atoms with E-state index < -0.39 is 0 Å². The van der Waals surface area contributed by atoms with Crippen LogP contribution in [0.1, 0.15) is 25.0 Å². The summed E-state index contributed by atoms with van der Waals surface area (Å²) in [6, 6.07) is 9.18. The van der Waals surface area contributed by atoms with Gasteiger partial charge in [-0.2, -0.15) is 0 Å². The van der Waals surface area contributed by atoms with Gasteiger partial charge < -0.3 is 10.6 Å². The number of benzene rings is 1. The number of rotatable bonds is 7. The Morgan fingerprint density at radius 2 is 1.81 bits per heavy atom. The number of nitrogens with one attached hydrogen (secondary N) is 2. The first kappa shape index (κ1) is 13.2. The van der Waals surface area contributed by atoms with Gasteiger partial charge in [0, 0.05) is 19.1 Å². The van der Waals surface area contributed by atoms with Crippen molar-refractivity contribution in [2.24, 2.45) is 0 Å². The van der Waals surface area contributed by atoms with Gasteiger partial charge >= 0.3 is 0 Å². The highest BCUT2D eigenvalue weighted by atomic mass is 14.9. The zero-order chi connectivity index (χ0) is 11.8. The van der Waals surface area contributed by atoms with E-state index in [1.807, 2.05) is 0 Å². The highest BCUT2D eigenvalue weighted by Gasteiger charge is 1.96. The lowest BCUT2D eigenvalue weighted by Crippen LogP contribution is -2.32. The van der Waals surface area contributed by atoms with Gasteiger partial charge in [0.15, 0.2) is 0 Å². The van der Waals surface area contributed by atoms with Crippen molar-refractivity contribution in [3.8, 4) is 0 Å². The quantitative estimate of drug-likeness (QED) is 0.688. The van der Waals surface area contributed by atoms with E-state index >= 15 is 0 Å². The molecule has 1 aromatic rings. The highest BCUT2D eigenvalue weighted by molar-refractivity contribution is 5.25. The summed E-state index contributed by atoms with van der Waals surface area (Å²) >= 11 is 0. The van der Waals surface area contributed by atoms with Gasteiger partial charge in [0.25, 0.3) is 0 Å². The van der Waals surface area contributed by atoms with Gasteiger partial charge in [-0.3, -0.25) is 0 Å². The third-order valence-electron chi connectivity index (χ3n) is 2.69. The second kappa shape index (κ2) is 7.42. The summed E-state index contributed by atoms with van der Waals surface area (Å²) in [5.74, 6) is 0. The Bertz CT molecular complexity index is 295. The molecule has 0 spiro atoms. The van der Waals surface area contributed by atoms with Crippen LogP contribution in [0.5, 0.6) is 0 Å². The molecule has 0 atom stereocenters. The van der Waals surface area contributed by atoms with E-state index in [1.165, 1.54) is 11.1 Å². The maximum atomic E-state index is 3.45. The zero-order valence-corrected chi connectivity index (χ0v) is 10.7. The summed E-state index contributed by atoms with van der Waals surface area (Å²) < 4.78 is 0. The van der Waals surface area contributed by atoms with Crippen LogP contribution in [-0.2, 0) is 6.42 Å². The van der Waals surface area contributed by atoms with Gasteiger partial charge in [0.1, 0.15) is 0 Å². The number of hydrogen-bond donors (Lipinski definition) is 2. The van der Waals surface area contributed by atoms with Crippen molar-refractivity contribution < 1.29 is 0 Å². The van der Waals surface area contributed by atoms with Crippen molar-refractivity contribution in [1.29, 1.82) is 0 Å². The summed E-state index contributed by atoms with van der Waals surface area (Å²) in [6.45, 7) is 9.68. The van der Waals surface area contributed by atoms with E-state index in [4.69, 9.17) is 0 Å². The molecule has 1 rings (SSSR count). The second-order valence-electron chi connectivity index (χ2n) is 4.54. The molecule has 0 unspecified atom stereocenters. The molecule has 0 aliphatic rings. The Hall–Kier alpha value is -0.860. The molecule has 90 valence electrons. The summed E-state index contributed by atoms with van der Waals surface area (Å²) in [5, 5.41) is 6.85. The maximum Gasteiger partial charge on any atom is 0.00790 e. The molecule has 2 heteroatoms. The van der Waals surface area contributed by atoms with Crippen LogP contribution >= 0.6 is 0 Å². The second-order valence-corrected chi connectivity index (χ2v) is 4.54. The molecule has 1 aromatic carbocycles. The van der Waals surface area contributed by atoms with Gasteiger partial charge in [-0.25, -0.2) is 0 Å². The van der Waals surface area contributed by atoms with Crippen LogP contribution in [0.2, 0.25) is 0 Å². The van der Waals surface area contributed by atoms with Crippen molar-refractivity contribution in [3.05, 3.63) is 35.4 Å². The van der Waals surface area contributed by atoms with Gasteiger partial charge in [-0.05, 0) is 31.0 Å². The lowest BCUT2D eigenvalue weighted by molar-refractivity contribution is 0.556. The van der Waals surface area contributed by atoms with Crippen LogP contribution in [0.15, 0.2) is 24.3 Å². The summed E-state index contributed by atoms with van der Waals surface area (Å²) in [7, 11) is 0. The van der Waals surface area contributed by atoms with Crippen molar-refractivity contribution in [3.63, 3.8) is 0 Å². The molecule has 0 amide bonds. The lowest BCUT2D eigenvalue weighted by atomic mass is 10.1. The molecule has 0 aliphatic carbocycles.